The molecule has 1 saturated heterocycles. The number of hydrogen-bond acceptors (Lipinski definition) is 7. The molecule has 5 rings (SSSR count). The van der Waals surface area contributed by atoms with Gasteiger partial charge in [0.15, 0.2) is 10.1 Å². The van der Waals surface area contributed by atoms with E-state index in [0.717, 1.165) is 24.3 Å². The number of hydrazine groups is 1. The number of carbonyl (C=O) groups is 4. The quantitative estimate of drug-likeness (QED) is 0.128. The van der Waals surface area contributed by atoms with E-state index in [1.165, 1.54) is 31.4 Å². The zero-order chi connectivity index (χ0) is 30.2. The highest BCUT2D eigenvalue weighted by atomic mass is 35.5. The van der Waals surface area contributed by atoms with E-state index < -0.39 is 60.9 Å². The first-order valence-electron chi connectivity index (χ1n) is 11.6. The summed E-state index contributed by atoms with van der Waals surface area (Å²) in [6.07, 6.45) is 0. The molecule has 2 bridgehead atoms. The van der Waals surface area contributed by atoms with Crippen LogP contribution in [0.25, 0.3) is 0 Å². The zero-order valence-corrected chi connectivity index (χ0v) is 25.0. The summed E-state index contributed by atoms with van der Waals surface area (Å²) in [5.74, 6) is -6.42. The maximum atomic E-state index is 13.9. The molecule has 2 aliphatic carbocycles. The number of halogens is 6. The number of non-ortho nitro benzene ring substituents is 1. The first-order chi connectivity index (χ1) is 19.1. The molecule has 0 N–H and O–H groups in total. The summed E-state index contributed by atoms with van der Waals surface area (Å²) in [5, 5.41) is 11.5. The van der Waals surface area contributed by atoms with Gasteiger partial charge in [-0.05, 0) is 36.4 Å². The van der Waals surface area contributed by atoms with Gasteiger partial charge in [0.05, 0.1) is 33.9 Å². The van der Waals surface area contributed by atoms with Crippen molar-refractivity contribution < 1.29 is 28.8 Å². The average Bonchev–Trinajstić information content (AvgIpc) is 3.34. The number of nitrogens with zero attached hydrogens (tertiary/aromatic N) is 3. The third-order valence-corrected chi connectivity index (χ3v) is 11.7. The largest absolute Gasteiger partial charge is 0.497 e. The molecule has 3 aliphatic rings. The van der Waals surface area contributed by atoms with E-state index in [0.29, 0.717) is 15.8 Å². The number of hydrogen-bond donors (Lipinski definition) is 0. The van der Waals surface area contributed by atoms with Gasteiger partial charge in [-0.25, -0.2) is 5.01 Å². The molecular weight excluding hydrogens is 667 g/mol. The molecule has 2 fully saturated rings. The summed E-state index contributed by atoms with van der Waals surface area (Å²) in [6, 6.07) is 10.2. The minimum absolute atomic E-state index is 0.127. The number of nitro groups is 1. The molecular formula is C25H15Cl6N3O7. The Morgan fingerprint density at radius 1 is 0.902 bits per heavy atom. The summed E-state index contributed by atoms with van der Waals surface area (Å²) in [4.78, 5) is 61.0. The van der Waals surface area contributed by atoms with Gasteiger partial charge in [0.2, 0.25) is 0 Å². The Hall–Kier alpha value is -2.60. The van der Waals surface area contributed by atoms with E-state index in [4.69, 9.17) is 74.3 Å². The fraction of sp³-hybridized carbons (Fsp3) is 0.280. The van der Waals surface area contributed by atoms with Gasteiger partial charge in [-0.3, -0.25) is 29.3 Å². The van der Waals surface area contributed by atoms with E-state index in [2.05, 4.69) is 0 Å². The molecule has 2 aromatic carbocycles. The summed E-state index contributed by atoms with van der Waals surface area (Å²) < 4.78 is 2.89. The van der Waals surface area contributed by atoms with Crippen molar-refractivity contribution in [3.8, 4) is 5.75 Å². The number of amides is 3. The van der Waals surface area contributed by atoms with E-state index >= 15 is 0 Å². The number of imide groups is 1. The molecule has 1 saturated carbocycles. The first-order valence-corrected chi connectivity index (χ1v) is 13.8. The lowest BCUT2D eigenvalue weighted by atomic mass is 9.84. The Bertz CT molecular complexity index is 1520. The highest BCUT2D eigenvalue weighted by molar-refractivity contribution is 6.66. The first kappa shape index (κ1) is 29.9. The van der Waals surface area contributed by atoms with Crippen molar-refractivity contribution in [2.75, 3.05) is 13.7 Å². The summed E-state index contributed by atoms with van der Waals surface area (Å²) >= 11 is 39.3. The number of rotatable bonds is 7. The van der Waals surface area contributed by atoms with Crippen molar-refractivity contribution in [3.05, 3.63) is 79.8 Å². The number of ether oxygens (including phenoxy) is 1. The number of nitro benzene ring substituents is 1. The minimum atomic E-state index is -2.20. The lowest BCUT2D eigenvalue weighted by Crippen LogP contribution is -2.56. The monoisotopic (exact) mass is 679 g/mol. The van der Waals surface area contributed by atoms with Crippen molar-refractivity contribution in [2.45, 2.75) is 14.1 Å². The van der Waals surface area contributed by atoms with Crippen molar-refractivity contribution >= 4 is 98.8 Å². The minimum Gasteiger partial charge on any atom is -0.497 e. The van der Waals surface area contributed by atoms with Gasteiger partial charge < -0.3 is 4.74 Å². The third kappa shape index (κ3) is 3.92. The number of methoxy groups -OCH3 is 1. The SMILES string of the molecule is COc1ccc(C(=O)CN(C(=O)c2ccc([N+](=O)[O-])cc2)N2C(=O)[C@H]3[C@H](C2=O)[C@@]2(Cl)C(Cl)=C(Cl)[C@@]3(Cl)C2(Cl)Cl)cc1. The number of allylic oxidation sites excluding steroid dienone is 2. The molecule has 10 nitrogen and oxygen atoms in total. The van der Waals surface area contributed by atoms with Crippen LogP contribution in [0.1, 0.15) is 20.7 Å². The number of benzene rings is 2. The predicted molar refractivity (Wildman–Crippen MR) is 151 cm³/mol. The lowest BCUT2D eigenvalue weighted by Gasteiger charge is -2.36. The number of Topliss-reactive ketones (excluding diaryl/α,β-unsaturated/α-hetero) is 1. The van der Waals surface area contributed by atoms with Gasteiger partial charge in [0.1, 0.15) is 22.0 Å². The van der Waals surface area contributed by atoms with Crippen LogP contribution >= 0.6 is 69.6 Å². The molecule has 1 aliphatic heterocycles. The van der Waals surface area contributed by atoms with E-state index in [1.807, 2.05) is 0 Å². The molecule has 0 radical (unpaired) electrons. The van der Waals surface area contributed by atoms with Crippen LogP contribution in [0.3, 0.4) is 0 Å². The van der Waals surface area contributed by atoms with E-state index in [-0.39, 0.29) is 26.9 Å². The molecule has 3 amide bonds. The van der Waals surface area contributed by atoms with Gasteiger partial charge in [-0.1, -0.05) is 46.4 Å². The number of carbonyl (C=O) groups excluding carboxylic acids is 4. The molecule has 0 unspecified atom stereocenters. The van der Waals surface area contributed by atoms with Crippen LogP contribution in [-0.2, 0) is 9.59 Å². The van der Waals surface area contributed by atoms with Gasteiger partial charge >= 0.3 is 0 Å². The van der Waals surface area contributed by atoms with E-state index in [9.17, 15) is 29.3 Å². The van der Waals surface area contributed by atoms with Gasteiger partial charge in [-0.15, -0.1) is 23.2 Å². The Morgan fingerprint density at radius 2 is 1.37 bits per heavy atom. The smallest absolute Gasteiger partial charge is 0.273 e. The topological polar surface area (TPSA) is 127 Å². The Balaban J connectivity index is 1.58. The zero-order valence-electron chi connectivity index (χ0n) is 20.4. The lowest BCUT2D eigenvalue weighted by molar-refractivity contribution is -0.384. The Kier molecular flexibility index (Phi) is 7.29. The van der Waals surface area contributed by atoms with Crippen LogP contribution in [0.2, 0.25) is 0 Å². The van der Waals surface area contributed by atoms with Crippen LogP contribution in [-0.4, -0.2) is 66.2 Å². The molecule has 2 aromatic rings. The fourth-order valence-electron chi connectivity index (χ4n) is 5.33. The van der Waals surface area contributed by atoms with Crippen LogP contribution < -0.4 is 4.74 Å². The Morgan fingerprint density at radius 3 is 1.80 bits per heavy atom. The second-order valence-corrected chi connectivity index (χ2v) is 12.7. The number of fused-ring (bicyclic) bond motifs is 5. The van der Waals surface area contributed by atoms with Crippen LogP contribution in [0.5, 0.6) is 5.75 Å². The van der Waals surface area contributed by atoms with Crippen LogP contribution in [0, 0.1) is 22.0 Å². The Labute approximate surface area is 261 Å². The maximum absolute atomic E-state index is 13.9. The predicted octanol–water partition coefficient (Wildman–Crippen LogP) is 5.29. The normalized spacial score (nSPS) is 27.7. The highest BCUT2D eigenvalue weighted by Crippen LogP contribution is 2.77. The standard InChI is InChI=1S/C25H15Cl6N3O7/c1-41-14-8-4-11(5-9-14)15(35)10-32(20(36)12-2-6-13(7-3-12)34(39)40)33-21(37)16-17(22(33)38)24(29)19(27)18(26)23(16,28)25(24,30)31/h2-9,16-17H,10H2,1H3/t16-,17-,23-,24-/m1/s1. The van der Waals surface area contributed by atoms with Crippen molar-refractivity contribution in [1.82, 2.24) is 10.0 Å². The molecule has 16 heteroatoms. The fourth-order valence-corrected chi connectivity index (χ4v) is 8.26. The molecule has 41 heavy (non-hydrogen) atoms. The number of ketones is 1. The van der Waals surface area contributed by atoms with E-state index in [1.54, 1.807) is 0 Å². The van der Waals surface area contributed by atoms with Gasteiger partial charge in [0.25, 0.3) is 23.4 Å². The third-order valence-electron chi connectivity index (χ3n) is 7.39. The van der Waals surface area contributed by atoms with Gasteiger partial charge in [0, 0.05) is 23.3 Å². The average molecular weight is 682 g/mol. The number of alkyl halides is 4. The van der Waals surface area contributed by atoms with Crippen LogP contribution in [0.4, 0.5) is 5.69 Å². The second-order valence-electron chi connectivity index (χ2n) is 9.39. The van der Waals surface area contributed by atoms with Crippen molar-refractivity contribution in [3.63, 3.8) is 0 Å². The van der Waals surface area contributed by atoms with Gasteiger partial charge in [-0.2, -0.15) is 5.01 Å². The molecule has 214 valence electrons. The van der Waals surface area contributed by atoms with Crippen molar-refractivity contribution in [2.24, 2.45) is 11.8 Å². The summed E-state index contributed by atoms with van der Waals surface area (Å²) in [5.41, 5.74) is -0.355. The van der Waals surface area contributed by atoms with Crippen molar-refractivity contribution in [1.29, 1.82) is 0 Å². The molecule has 0 aromatic heterocycles. The molecule has 0 spiro atoms. The molecule has 4 atom stereocenters. The maximum Gasteiger partial charge on any atom is 0.273 e. The molecule has 1 heterocycles. The summed E-state index contributed by atoms with van der Waals surface area (Å²) in [6.45, 7) is -0.800. The highest BCUT2D eigenvalue weighted by Gasteiger charge is 2.88. The summed E-state index contributed by atoms with van der Waals surface area (Å²) in [7, 11) is 1.44. The van der Waals surface area contributed by atoms with Crippen LogP contribution in [0.15, 0.2) is 58.6 Å². The second kappa shape index (κ2) is 10.00.